The predicted octanol–water partition coefficient (Wildman–Crippen LogP) is 0.880. The summed E-state index contributed by atoms with van der Waals surface area (Å²) in [4.78, 5) is 14.2. The molecule has 1 amide bonds. The number of rotatable bonds is 3. The third kappa shape index (κ3) is 3.11. The van der Waals surface area contributed by atoms with Crippen LogP contribution in [0, 0.1) is 5.92 Å². The number of nitrogens with one attached hydrogen (secondary N) is 1. The van der Waals surface area contributed by atoms with E-state index in [1.54, 1.807) is 11.8 Å². The molecule has 2 atom stereocenters. The topological polar surface area (TPSA) is 109 Å². The van der Waals surface area contributed by atoms with Gasteiger partial charge in [-0.1, -0.05) is 13.8 Å². The van der Waals surface area contributed by atoms with Crippen LogP contribution in [0.1, 0.15) is 49.8 Å². The molecular formula is C13H22N4O3S. The molecule has 1 fully saturated rings. The lowest BCUT2D eigenvalue weighted by Crippen LogP contribution is -2.45. The third-order valence-electron chi connectivity index (χ3n) is 4.01. The largest absolute Gasteiger partial charge is 0.334 e. The molecule has 0 aromatic carbocycles. The van der Waals surface area contributed by atoms with Crippen LogP contribution in [0.4, 0.5) is 0 Å². The van der Waals surface area contributed by atoms with Crippen LogP contribution < -0.4 is 5.14 Å². The summed E-state index contributed by atoms with van der Waals surface area (Å²) in [5.74, 6) is 0.0293. The van der Waals surface area contributed by atoms with Gasteiger partial charge in [-0.05, 0) is 32.1 Å². The molecular weight excluding hydrogens is 292 g/mol. The van der Waals surface area contributed by atoms with Gasteiger partial charge in [0.1, 0.15) is 4.90 Å². The van der Waals surface area contributed by atoms with Gasteiger partial charge in [-0.15, -0.1) is 0 Å². The molecule has 2 rings (SSSR count). The van der Waals surface area contributed by atoms with E-state index < -0.39 is 10.0 Å². The Morgan fingerprint density at radius 3 is 2.67 bits per heavy atom. The number of primary sulfonamides is 1. The molecule has 118 valence electrons. The van der Waals surface area contributed by atoms with Gasteiger partial charge in [0.25, 0.3) is 5.91 Å². The molecule has 0 spiro atoms. The molecule has 0 aliphatic carbocycles. The number of aryl methyl sites for hydroxylation is 1. The van der Waals surface area contributed by atoms with E-state index in [-0.39, 0.29) is 22.5 Å². The van der Waals surface area contributed by atoms with Crippen molar-refractivity contribution in [2.24, 2.45) is 11.1 Å². The van der Waals surface area contributed by atoms with Gasteiger partial charge in [-0.25, -0.2) is 13.6 Å². The highest BCUT2D eigenvalue weighted by molar-refractivity contribution is 7.89. The normalized spacial score (nSPS) is 23.3. The molecule has 21 heavy (non-hydrogen) atoms. The van der Waals surface area contributed by atoms with E-state index >= 15 is 0 Å². The van der Waals surface area contributed by atoms with Gasteiger partial charge < -0.3 is 4.90 Å². The number of nitrogens with zero attached hydrogens (tertiary/aromatic N) is 2. The van der Waals surface area contributed by atoms with Gasteiger partial charge in [-0.2, -0.15) is 5.10 Å². The quantitative estimate of drug-likeness (QED) is 0.863. The molecule has 1 aromatic heterocycles. The lowest BCUT2D eigenvalue weighted by Gasteiger charge is -2.36. The number of hydrogen-bond donors (Lipinski definition) is 2. The van der Waals surface area contributed by atoms with Gasteiger partial charge in [-0.3, -0.25) is 9.89 Å². The molecule has 1 saturated heterocycles. The molecule has 1 aliphatic heterocycles. The van der Waals surface area contributed by atoms with E-state index in [1.165, 1.54) is 0 Å². The number of sulfonamides is 1. The Morgan fingerprint density at radius 1 is 1.43 bits per heavy atom. The van der Waals surface area contributed by atoms with Crippen molar-refractivity contribution in [3.63, 3.8) is 0 Å². The Bertz CT molecular complexity index is 638. The maximum Gasteiger partial charge on any atom is 0.276 e. The van der Waals surface area contributed by atoms with Crippen molar-refractivity contribution in [3.8, 4) is 0 Å². The van der Waals surface area contributed by atoms with Crippen molar-refractivity contribution >= 4 is 15.9 Å². The Morgan fingerprint density at radius 2 is 2.10 bits per heavy atom. The second kappa shape index (κ2) is 5.76. The number of H-pyrrole nitrogens is 1. The highest BCUT2D eigenvalue weighted by atomic mass is 32.2. The summed E-state index contributed by atoms with van der Waals surface area (Å²) in [7, 11) is -3.99. The SMILES string of the molecule is CCc1[nH]nc(C(=O)N2CC(C)CCC2C)c1S(N)(=O)=O. The Labute approximate surface area is 124 Å². The number of hydrogen-bond acceptors (Lipinski definition) is 4. The number of likely N-dealkylation sites (tertiary alicyclic amines) is 1. The number of aromatic nitrogens is 2. The fraction of sp³-hybridized carbons (Fsp3) is 0.692. The minimum absolute atomic E-state index is 0.0730. The van der Waals surface area contributed by atoms with Gasteiger partial charge in [0.2, 0.25) is 10.0 Å². The first-order valence-electron chi connectivity index (χ1n) is 7.16. The smallest absolute Gasteiger partial charge is 0.276 e. The van der Waals surface area contributed by atoms with Crippen LogP contribution in [0.2, 0.25) is 0 Å². The molecule has 1 aliphatic rings. The van der Waals surface area contributed by atoms with Gasteiger partial charge in [0, 0.05) is 12.6 Å². The molecule has 7 nitrogen and oxygen atoms in total. The van der Waals surface area contributed by atoms with E-state index in [9.17, 15) is 13.2 Å². The molecule has 1 aromatic rings. The second-order valence-electron chi connectivity index (χ2n) is 5.77. The summed E-state index contributed by atoms with van der Waals surface area (Å²) in [5, 5.41) is 11.8. The van der Waals surface area contributed by atoms with Crippen LogP contribution in [-0.2, 0) is 16.4 Å². The molecule has 8 heteroatoms. The molecule has 0 saturated carbocycles. The minimum Gasteiger partial charge on any atom is -0.334 e. The van der Waals surface area contributed by atoms with Crippen molar-refractivity contribution in [1.82, 2.24) is 15.1 Å². The van der Waals surface area contributed by atoms with Gasteiger partial charge >= 0.3 is 0 Å². The van der Waals surface area contributed by atoms with Crippen LogP contribution >= 0.6 is 0 Å². The lowest BCUT2D eigenvalue weighted by atomic mass is 9.95. The van der Waals surface area contributed by atoms with E-state index in [4.69, 9.17) is 5.14 Å². The average Bonchev–Trinajstić information content (AvgIpc) is 2.84. The zero-order chi connectivity index (χ0) is 15.8. The average molecular weight is 314 g/mol. The number of nitrogens with two attached hydrogens (primary N) is 1. The predicted molar refractivity (Wildman–Crippen MR) is 78.2 cm³/mol. The van der Waals surface area contributed by atoms with Crippen LogP contribution in [0.5, 0.6) is 0 Å². The molecule has 0 bridgehead atoms. The maximum atomic E-state index is 12.7. The second-order valence-corrected chi connectivity index (χ2v) is 7.27. The Hall–Kier alpha value is -1.41. The molecule has 3 N–H and O–H groups in total. The minimum atomic E-state index is -3.99. The van der Waals surface area contributed by atoms with Crippen molar-refractivity contribution in [2.45, 2.75) is 51.0 Å². The molecule has 2 unspecified atom stereocenters. The van der Waals surface area contributed by atoms with Crippen molar-refractivity contribution < 1.29 is 13.2 Å². The van der Waals surface area contributed by atoms with E-state index in [0.29, 0.717) is 24.6 Å². The van der Waals surface area contributed by atoms with Crippen LogP contribution in [0.15, 0.2) is 4.90 Å². The van der Waals surface area contributed by atoms with Crippen molar-refractivity contribution in [2.75, 3.05) is 6.54 Å². The van der Waals surface area contributed by atoms with Crippen LogP contribution in [0.3, 0.4) is 0 Å². The highest BCUT2D eigenvalue weighted by Crippen LogP contribution is 2.25. The maximum absolute atomic E-state index is 12.7. The lowest BCUT2D eigenvalue weighted by molar-refractivity contribution is 0.0564. The summed E-state index contributed by atoms with van der Waals surface area (Å²) < 4.78 is 23.5. The summed E-state index contributed by atoms with van der Waals surface area (Å²) >= 11 is 0. The van der Waals surface area contributed by atoms with Crippen molar-refractivity contribution in [1.29, 1.82) is 0 Å². The number of amides is 1. The summed E-state index contributed by atoms with van der Waals surface area (Å²) in [5.41, 5.74) is 0.286. The Balaban J connectivity index is 2.42. The fourth-order valence-electron chi connectivity index (χ4n) is 2.77. The van der Waals surface area contributed by atoms with E-state index in [2.05, 4.69) is 17.1 Å². The summed E-state index contributed by atoms with van der Waals surface area (Å²) in [6, 6.07) is 0.0730. The van der Waals surface area contributed by atoms with E-state index in [0.717, 1.165) is 12.8 Å². The first-order valence-corrected chi connectivity index (χ1v) is 8.71. The van der Waals surface area contributed by atoms with Crippen LogP contribution in [-0.4, -0.2) is 42.0 Å². The summed E-state index contributed by atoms with van der Waals surface area (Å²) in [6.07, 6.45) is 2.38. The fourth-order valence-corrected chi connectivity index (χ4v) is 3.70. The zero-order valence-electron chi connectivity index (χ0n) is 12.6. The van der Waals surface area contributed by atoms with Gasteiger partial charge in [0.05, 0.1) is 5.69 Å². The zero-order valence-corrected chi connectivity index (χ0v) is 13.4. The number of carbonyl (C=O) groups is 1. The third-order valence-corrected chi connectivity index (χ3v) is 5.02. The first-order chi connectivity index (χ1) is 9.75. The number of aromatic amines is 1. The van der Waals surface area contributed by atoms with E-state index in [1.807, 2.05) is 6.92 Å². The van der Waals surface area contributed by atoms with Crippen molar-refractivity contribution in [3.05, 3.63) is 11.4 Å². The van der Waals surface area contributed by atoms with Gasteiger partial charge in [0.15, 0.2) is 5.69 Å². The first kappa shape index (κ1) is 16.0. The summed E-state index contributed by atoms with van der Waals surface area (Å²) in [6.45, 7) is 6.43. The van der Waals surface area contributed by atoms with Crippen LogP contribution in [0.25, 0.3) is 0 Å². The molecule has 0 radical (unpaired) electrons. The standard InChI is InChI=1S/C13H22N4O3S/c1-4-10-12(21(14,19)20)11(16-15-10)13(18)17-7-8(2)5-6-9(17)3/h8-9H,4-7H2,1-3H3,(H,15,16)(H2,14,19,20). The monoisotopic (exact) mass is 314 g/mol. The molecule has 2 heterocycles. The highest BCUT2D eigenvalue weighted by Gasteiger charge is 2.33. The number of piperidine rings is 1. The number of carbonyl (C=O) groups excluding carboxylic acids is 1. The Kier molecular flexibility index (Phi) is 4.38.